The van der Waals surface area contributed by atoms with E-state index in [4.69, 9.17) is 0 Å². The van der Waals surface area contributed by atoms with Gasteiger partial charge in [-0.05, 0) is 24.3 Å². The van der Waals surface area contributed by atoms with Crippen LogP contribution in [0.1, 0.15) is 5.82 Å². The van der Waals surface area contributed by atoms with Gasteiger partial charge < -0.3 is 0 Å². The molecular formula is C15H9BrF3N3. The molecule has 0 saturated carbocycles. The molecule has 0 bridgehead atoms. The normalized spacial score (nSPS) is 11.6. The molecule has 7 heteroatoms. The van der Waals surface area contributed by atoms with Gasteiger partial charge in [-0.3, -0.25) is 0 Å². The Morgan fingerprint density at radius 2 is 1.55 bits per heavy atom. The number of rotatable bonds is 2. The van der Waals surface area contributed by atoms with Crippen molar-refractivity contribution in [3.05, 3.63) is 64.9 Å². The van der Waals surface area contributed by atoms with E-state index in [2.05, 4.69) is 26.0 Å². The molecular weight excluding hydrogens is 359 g/mol. The second-order valence-electron chi connectivity index (χ2n) is 4.51. The summed E-state index contributed by atoms with van der Waals surface area (Å²) >= 11 is 3.30. The van der Waals surface area contributed by atoms with E-state index < -0.39 is 12.0 Å². The Balaban J connectivity index is 2.19. The summed E-state index contributed by atoms with van der Waals surface area (Å²) in [5.41, 5.74) is 1.07. The van der Waals surface area contributed by atoms with Gasteiger partial charge in [0.05, 0.1) is 5.69 Å². The van der Waals surface area contributed by atoms with Crippen molar-refractivity contribution < 1.29 is 13.2 Å². The summed E-state index contributed by atoms with van der Waals surface area (Å²) in [6.07, 6.45) is -4.59. The number of halogens is 4. The monoisotopic (exact) mass is 367 g/mol. The fourth-order valence-corrected chi connectivity index (χ4v) is 2.23. The average molecular weight is 368 g/mol. The van der Waals surface area contributed by atoms with Gasteiger partial charge in [0.15, 0.2) is 5.82 Å². The van der Waals surface area contributed by atoms with Gasteiger partial charge in [0.25, 0.3) is 5.82 Å². The van der Waals surface area contributed by atoms with Gasteiger partial charge in [-0.1, -0.05) is 46.3 Å². The largest absolute Gasteiger partial charge is 0.453 e. The first-order chi connectivity index (χ1) is 10.4. The molecule has 22 heavy (non-hydrogen) atoms. The summed E-state index contributed by atoms with van der Waals surface area (Å²) in [6.45, 7) is 0. The molecule has 0 aliphatic heterocycles. The summed E-state index contributed by atoms with van der Waals surface area (Å²) in [4.78, 5) is 3.67. The second kappa shape index (κ2) is 5.57. The molecule has 0 saturated heterocycles. The highest BCUT2D eigenvalue weighted by Gasteiger charge is 2.37. The Hall–Kier alpha value is -2.15. The number of hydrogen-bond acceptors (Lipinski definition) is 2. The molecule has 0 spiro atoms. The lowest BCUT2D eigenvalue weighted by atomic mass is 10.2. The third-order valence-corrected chi connectivity index (χ3v) is 3.49. The molecule has 1 heterocycles. The standard InChI is InChI=1S/C15H9BrF3N3/c16-11-8-6-10(7-9-11)13-20-14(15(17,18)19)21-22(13)12-4-2-1-3-5-12/h1-9H. The van der Waals surface area contributed by atoms with Crippen molar-refractivity contribution in [2.24, 2.45) is 0 Å². The van der Waals surface area contributed by atoms with E-state index in [0.29, 0.717) is 11.3 Å². The predicted octanol–water partition coefficient (Wildman–Crippen LogP) is 4.72. The molecule has 0 aliphatic rings. The third-order valence-electron chi connectivity index (χ3n) is 2.96. The minimum absolute atomic E-state index is 0.144. The van der Waals surface area contributed by atoms with Crippen LogP contribution in [0.15, 0.2) is 59.1 Å². The lowest BCUT2D eigenvalue weighted by Crippen LogP contribution is -2.08. The summed E-state index contributed by atoms with van der Waals surface area (Å²) in [6, 6.07) is 15.5. The van der Waals surface area contributed by atoms with Crippen LogP contribution in [0.25, 0.3) is 17.1 Å². The zero-order valence-corrected chi connectivity index (χ0v) is 12.6. The molecule has 0 unspecified atom stereocenters. The molecule has 112 valence electrons. The second-order valence-corrected chi connectivity index (χ2v) is 5.43. The molecule has 2 aromatic carbocycles. The maximum Gasteiger partial charge on any atom is 0.453 e. The Morgan fingerprint density at radius 3 is 2.14 bits per heavy atom. The number of benzene rings is 2. The van der Waals surface area contributed by atoms with E-state index in [9.17, 15) is 13.2 Å². The topological polar surface area (TPSA) is 30.7 Å². The van der Waals surface area contributed by atoms with Crippen LogP contribution < -0.4 is 0 Å². The summed E-state index contributed by atoms with van der Waals surface area (Å²) in [7, 11) is 0. The first kappa shape index (κ1) is 14.8. The molecule has 1 aromatic heterocycles. The molecule has 0 atom stereocenters. The quantitative estimate of drug-likeness (QED) is 0.656. The SMILES string of the molecule is FC(F)(F)c1nc(-c2ccc(Br)cc2)n(-c2ccccc2)n1. The van der Waals surface area contributed by atoms with Crippen LogP contribution in [0.5, 0.6) is 0 Å². The zero-order valence-electron chi connectivity index (χ0n) is 11.0. The maximum atomic E-state index is 12.9. The van der Waals surface area contributed by atoms with Gasteiger partial charge in [0.1, 0.15) is 0 Å². The number of alkyl halides is 3. The van der Waals surface area contributed by atoms with Crippen molar-refractivity contribution in [2.75, 3.05) is 0 Å². The van der Waals surface area contributed by atoms with E-state index in [1.165, 1.54) is 4.68 Å². The van der Waals surface area contributed by atoms with E-state index in [-0.39, 0.29) is 5.82 Å². The molecule has 0 fully saturated rings. The smallest absolute Gasteiger partial charge is 0.213 e. The first-order valence-electron chi connectivity index (χ1n) is 6.31. The van der Waals surface area contributed by atoms with Crippen molar-refractivity contribution in [1.29, 1.82) is 0 Å². The lowest BCUT2D eigenvalue weighted by molar-refractivity contribution is -0.144. The minimum Gasteiger partial charge on any atom is -0.213 e. The molecule has 3 nitrogen and oxygen atoms in total. The van der Waals surface area contributed by atoms with Gasteiger partial charge in [-0.15, -0.1) is 5.10 Å². The zero-order chi connectivity index (χ0) is 15.7. The average Bonchev–Trinajstić information content (AvgIpc) is 2.94. The minimum atomic E-state index is -4.59. The Bertz CT molecular complexity index is 780. The van der Waals surface area contributed by atoms with Crippen LogP contribution in [0.2, 0.25) is 0 Å². The predicted molar refractivity (Wildman–Crippen MR) is 79.5 cm³/mol. The van der Waals surface area contributed by atoms with Crippen molar-refractivity contribution in [3.8, 4) is 17.1 Å². The van der Waals surface area contributed by atoms with Gasteiger partial charge in [-0.2, -0.15) is 13.2 Å². The van der Waals surface area contributed by atoms with Crippen LogP contribution in [0.4, 0.5) is 13.2 Å². The van der Waals surface area contributed by atoms with Gasteiger partial charge in [0.2, 0.25) is 0 Å². The lowest BCUT2D eigenvalue weighted by Gasteiger charge is -2.05. The Labute approximate surface area is 132 Å². The Morgan fingerprint density at radius 1 is 0.909 bits per heavy atom. The van der Waals surface area contributed by atoms with Crippen molar-refractivity contribution >= 4 is 15.9 Å². The summed E-state index contributed by atoms with van der Waals surface area (Å²) in [5.74, 6) is -1.01. The van der Waals surface area contributed by atoms with Crippen LogP contribution in [0.3, 0.4) is 0 Å². The fraction of sp³-hybridized carbons (Fsp3) is 0.0667. The summed E-state index contributed by atoms with van der Waals surface area (Å²) < 4.78 is 40.8. The number of hydrogen-bond donors (Lipinski definition) is 0. The molecule has 0 N–H and O–H groups in total. The van der Waals surface area contributed by atoms with Crippen molar-refractivity contribution in [2.45, 2.75) is 6.18 Å². The van der Waals surface area contributed by atoms with Gasteiger partial charge in [-0.25, -0.2) is 9.67 Å². The van der Waals surface area contributed by atoms with Crippen LogP contribution in [0, 0.1) is 0 Å². The van der Waals surface area contributed by atoms with Crippen molar-refractivity contribution in [3.63, 3.8) is 0 Å². The van der Waals surface area contributed by atoms with E-state index in [1.807, 2.05) is 0 Å². The molecule has 3 aromatic rings. The number of nitrogens with zero attached hydrogens (tertiary/aromatic N) is 3. The summed E-state index contributed by atoms with van der Waals surface area (Å²) in [5, 5.41) is 3.62. The molecule has 0 amide bonds. The van der Waals surface area contributed by atoms with E-state index >= 15 is 0 Å². The van der Waals surface area contributed by atoms with Gasteiger partial charge >= 0.3 is 6.18 Å². The highest BCUT2D eigenvalue weighted by atomic mass is 79.9. The highest BCUT2D eigenvalue weighted by molar-refractivity contribution is 9.10. The van der Waals surface area contributed by atoms with E-state index in [1.54, 1.807) is 54.6 Å². The highest BCUT2D eigenvalue weighted by Crippen LogP contribution is 2.30. The number of aromatic nitrogens is 3. The van der Waals surface area contributed by atoms with Crippen LogP contribution in [-0.2, 0) is 6.18 Å². The molecule has 0 aliphatic carbocycles. The molecule has 0 radical (unpaired) electrons. The van der Waals surface area contributed by atoms with Crippen LogP contribution >= 0.6 is 15.9 Å². The van der Waals surface area contributed by atoms with Crippen LogP contribution in [-0.4, -0.2) is 14.8 Å². The Kier molecular flexibility index (Phi) is 3.74. The van der Waals surface area contributed by atoms with E-state index in [0.717, 1.165) is 4.47 Å². The molecule has 3 rings (SSSR count). The maximum absolute atomic E-state index is 12.9. The first-order valence-corrected chi connectivity index (χ1v) is 7.10. The fourth-order valence-electron chi connectivity index (χ4n) is 1.97. The van der Waals surface area contributed by atoms with Gasteiger partial charge in [0, 0.05) is 10.0 Å². The van der Waals surface area contributed by atoms with Crippen molar-refractivity contribution in [1.82, 2.24) is 14.8 Å². The number of para-hydroxylation sites is 1. The third kappa shape index (κ3) is 2.89.